The van der Waals surface area contributed by atoms with Gasteiger partial charge in [0, 0.05) is 37.6 Å². The van der Waals surface area contributed by atoms with Crippen LogP contribution in [0.1, 0.15) is 37.7 Å². The predicted molar refractivity (Wildman–Crippen MR) is 86.8 cm³/mol. The van der Waals surface area contributed by atoms with E-state index < -0.39 is 0 Å². The van der Waals surface area contributed by atoms with Gasteiger partial charge in [-0.2, -0.15) is 0 Å². The number of carbonyl (C=O) groups is 1. The van der Waals surface area contributed by atoms with Crippen molar-refractivity contribution in [2.75, 3.05) is 26.3 Å². The quantitative estimate of drug-likeness (QED) is 0.874. The van der Waals surface area contributed by atoms with Gasteiger partial charge in [0.05, 0.1) is 0 Å². The van der Waals surface area contributed by atoms with Crippen molar-refractivity contribution < 1.29 is 13.9 Å². The Morgan fingerprint density at radius 2 is 2.04 bits per heavy atom. The van der Waals surface area contributed by atoms with Crippen molar-refractivity contribution in [3.63, 3.8) is 0 Å². The number of hydrogen-bond acceptors (Lipinski definition) is 3. The summed E-state index contributed by atoms with van der Waals surface area (Å²) >= 11 is 0. The molecule has 0 aromatic heterocycles. The van der Waals surface area contributed by atoms with Crippen molar-refractivity contribution in [2.45, 2.75) is 43.6 Å². The van der Waals surface area contributed by atoms with Crippen LogP contribution in [0.25, 0.3) is 0 Å². The second-order valence-corrected chi connectivity index (χ2v) is 6.67. The minimum atomic E-state index is -0.229. The molecule has 0 saturated carbocycles. The number of nitrogens with one attached hydrogen (secondary N) is 2. The Morgan fingerprint density at radius 1 is 1.30 bits per heavy atom. The third-order valence-electron chi connectivity index (χ3n) is 5.12. The van der Waals surface area contributed by atoms with Crippen molar-refractivity contribution in [2.24, 2.45) is 0 Å². The van der Waals surface area contributed by atoms with Gasteiger partial charge in [-0.1, -0.05) is 12.1 Å². The summed E-state index contributed by atoms with van der Waals surface area (Å²) in [7, 11) is 0. The van der Waals surface area contributed by atoms with E-state index in [4.69, 9.17) is 4.74 Å². The molecule has 1 unspecified atom stereocenters. The molecule has 2 fully saturated rings. The standard InChI is InChI=1S/C18H25FN2O2/c19-15-5-3-14(4-6-15)18(7-10-23-11-8-18)13-21-17(22)12-16-2-1-9-20-16/h3-6,16,20H,1-2,7-13H2,(H,21,22). The molecule has 2 aliphatic heterocycles. The number of carbonyl (C=O) groups excluding carboxylic acids is 1. The van der Waals surface area contributed by atoms with Crippen LogP contribution >= 0.6 is 0 Å². The summed E-state index contributed by atoms with van der Waals surface area (Å²) in [6.45, 7) is 2.96. The van der Waals surface area contributed by atoms with Crippen LogP contribution in [0.15, 0.2) is 24.3 Å². The lowest BCUT2D eigenvalue weighted by atomic mass is 9.74. The van der Waals surface area contributed by atoms with E-state index in [0.717, 1.165) is 37.8 Å². The van der Waals surface area contributed by atoms with Crippen molar-refractivity contribution in [3.05, 3.63) is 35.6 Å². The van der Waals surface area contributed by atoms with E-state index >= 15 is 0 Å². The molecule has 0 spiro atoms. The monoisotopic (exact) mass is 320 g/mol. The predicted octanol–water partition coefficient (Wildman–Crippen LogP) is 2.13. The van der Waals surface area contributed by atoms with Gasteiger partial charge in [-0.25, -0.2) is 4.39 Å². The van der Waals surface area contributed by atoms with Crippen LogP contribution in [0, 0.1) is 5.82 Å². The van der Waals surface area contributed by atoms with Crippen LogP contribution in [0.5, 0.6) is 0 Å². The summed E-state index contributed by atoms with van der Waals surface area (Å²) in [4.78, 5) is 12.2. The highest BCUT2D eigenvalue weighted by molar-refractivity contribution is 5.76. The summed E-state index contributed by atoms with van der Waals surface area (Å²) in [5.41, 5.74) is 0.937. The molecular weight excluding hydrogens is 295 g/mol. The number of halogens is 1. The van der Waals surface area contributed by atoms with E-state index in [1.54, 1.807) is 0 Å². The Morgan fingerprint density at radius 3 is 2.70 bits per heavy atom. The summed E-state index contributed by atoms with van der Waals surface area (Å²) < 4.78 is 18.7. The van der Waals surface area contributed by atoms with Gasteiger partial charge in [0.15, 0.2) is 0 Å². The maximum atomic E-state index is 13.2. The molecule has 0 radical (unpaired) electrons. The average Bonchev–Trinajstić information content (AvgIpc) is 3.07. The van der Waals surface area contributed by atoms with E-state index in [0.29, 0.717) is 32.2 Å². The first-order valence-electron chi connectivity index (χ1n) is 8.52. The third-order valence-corrected chi connectivity index (χ3v) is 5.12. The zero-order valence-electron chi connectivity index (χ0n) is 13.4. The van der Waals surface area contributed by atoms with Gasteiger partial charge in [-0.15, -0.1) is 0 Å². The molecule has 1 amide bonds. The highest BCUT2D eigenvalue weighted by atomic mass is 19.1. The fraction of sp³-hybridized carbons (Fsp3) is 0.611. The van der Waals surface area contributed by atoms with Crippen LogP contribution in [0.4, 0.5) is 4.39 Å². The number of benzene rings is 1. The number of amides is 1. The molecule has 1 atom stereocenters. The van der Waals surface area contributed by atoms with E-state index in [-0.39, 0.29) is 17.1 Å². The summed E-state index contributed by atoms with van der Waals surface area (Å²) in [6, 6.07) is 6.98. The molecule has 2 aliphatic rings. The summed E-state index contributed by atoms with van der Waals surface area (Å²) in [6.07, 6.45) is 4.45. The minimum absolute atomic E-state index is 0.0948. The Kier molecular flexibility index (Phi) is 5.28. The van der Waals surface area contributed by atoms with E-state index in [1.807, 2.05) is 12.1 Å². The zero-order chi connectivity index (χ0) is 16.1. The first-order valence-corrected chi connectivity index (χ1v) is 8.52. The molecule has 1 aromatic rings. The zero-order valence-corrected chi connectivity index (χ0v) is 13.4. The summed E-state index contributed by atoms with van der Waals surface area (Å²) in [5.74, 6) is -0.135. The van der Waals surface area contributed by atoms with Crippen molar-refractivity contribution in [3.8, 4) is 0 Å². The van der Waals surface area contributed by atoms with Crippen LogP contribution in [0.3, 0.4) is 0 Å². The lowest BCUT2D eigenvalue weighted by molar-refractivity contribution is -0.122. The van der Waals surface area contributed by atoms with Crippen LogP contribution in [-0.4, -0.2) is 38.3 Å². The SMILES string of the molecule is O=C(CC1CCCN1)NCC1(c2ccc(F)cc2)CCOCC1. The van der Waals surface area contributed by atoms with Gasteiger partial charge in [0.1, 0.15) is 5.82 Å². The molecule has 3 rings (SSSR count). The molecule has 2 saturated heterocycles. The molecule has 4 nitrogen and oxygen atoms in total. The highest BCUT2D eigenvalue weighted by Crippen LogP contribution is 2.34. The Hall–Kier alpha value is -1.46. The molecule has 2 heterocycles. The van der Waals surface area contributed by atoms with Gasteiger partial charge in [-0.05, 0) is 49.9 Å². The fourth-order valence-corrected chi connectivity index (χ4v) is 3.63. The van der Waals surface area contributed by atoms with Crippen LogP contribution in [-0.2, 0) is 14.9 Å². The molecule has 126 valence electrons. The summed E-state index contributed by atoms with van der Waals surface area (Å²) in [5, 5.41) is 6.46. The van der Waals surface area contributed by atoms with Crippen LogP contribution in [0.2, 0.25) is 0 Å². The Balaban J connectivity index is 1.64. The lowest BCUT2D eigenvalue weighted by Gasteiger charge is -2.38. The van der Waals surface area contributed by atoms with Crippen molar-refractivity contribution in [1.29, 1.82) is 0 Å². The molecule has 1 aromatic carbocycles. The Labute approximate surface area is 136 Å². The second kappa shape index (κ2) is 7.41. The van der Waals surface area contributed by atoms with Gasteiger partial charge in [0.2, 0.25) is 5.91 Å². The van der Waals surface area contributed by atoms with Crippen molar-refractivity contribution >= 4 is 5.91 Å². The minimum Gasteiger partial charge on any atom is -0.381 e. The molecule has 2 N–H and O–H groups in total. The van der Waals surface area contributed by atoms with E-state index in [1.165, 1.54) is 12.1 Å². The first-order chi connectivity index (χ1) is 11.2. The lowest BCUT2D eigenvalue weighted by Crippen LogP contribution is -2.45. The second-order valence-electron chi connectivity index (χ2n) is 6.67. The molecule has 0 bridgehead atoms. The highest BCUT2D eigenvalue weighted by Gasteiger charge is 2.35. The van der Waals surface area contributed by atoms with E-state index in [9.17, 15) is 9.18 Å². The number of hydrogen-bond donors (Lipinski definition) is 2. The maximum Gasteiger partial charge on any atom is 0.221 e. The van der Waals surface area contributed by atoms with E-state index in [2.05, 4.69) is 10.6 Å². The van der Waals surface area contributed by atoms with Gasteiger partial charge >= 0.3 is 0 Å². The largest absolute Gasteiger partial charge is 0.381 e. The fourth-order valence-electron chi connectivity index (χ4n) is 3.63. The molecule has 0 aliphatic carbocycles. The topological polar surface area (TPSA) is 50.4 Å². The van der Waals surface area contributed by atoms with Crippen LogP contribution < -0.4 is 10.6 Å². The smallest absolute Gasteiger partial charge is 0.221 e. The third kappa shape index (κ3) is 4.09. The van der Waals surface area contributed by atoms with Gasteiger partial charge < -0.3 is 15.4 Å². The number of rotatable bonds is 5. The van der Waals surface area contributed by atoms with Gasteiger partial charge in [0.25, 0.3) is 0 Å². The normalized spacial score (nSPS) is 23.6. The van der Waals surface area contributed by atoms with Crippen molar-refractivity contribution in [1.82, 2.24) is 10.6 Å². The maximum absolute atomic E-state index is 13.2. The molecular formula is C18H25FN2O2. The number of ether oxygens (including phenoxy) is 1. The Bertz CT molecular complexity index is 520. The van der Waals surface area contributed by atoms with Gasteiger partial charge in [-0.3, -0.25) is 4.79 Å². The average molecular weight is 320 g/mol. The molecule has 5 heteroatoms. The molecule has 23 heavy (non-hydrogen) atoms. The first kappa shape index (κ1) is 16.4.